The summed E-state index contributed by atoms with van der Waals surface area (Å²) in [6.45, 7) is 21.7. The van der Waals surface area contributed by atoms with Crippen molar-refractivity contribution in [1.82, 2.24) is 77.7 Å². The molecule has 2 fully saturated rings. The molecular weight excluding hydrogens is 1680 g/mol. The summed E-state index contributed by atoms with van der Waals surface area (Å²) in [5, 5.41) is 0. The van der Waals surface area contributed by atoms with E-state index in [1.165, 1.54) is 42.6 Å². The summed E-state index contributed by atoms with van der Waals surface area (Å²) in [4.78, 5) is 97.0. The first kappa shape index (κ1) is 89.0. The van der Waals surface area contributed by atoms with Gasteiger partial charge in [0, 0.05) is 95.8 Å². The van der Waals surface area contributed by atoms with Gasteiger partial charge in [0.25, 0.3) is 23.6 Å². The zero-order valence-corrected chi connectivity index (χ0v) is 73.1. The molecule has 4 amide bonds. The number of benzene rings is 4. The molecule has 2 aliphatic rings. The van der Waals surface area contributed by atoms with E-state index in [2.05, 4.69) is 131 Å². The average Bonchev–Trinajstić information content (AvgIpc) is 1.63. The predicted molar refractivity (Wildman–Crippen MR) is 469 cm³/mol. The molecule has 0 radical (unpaired) electrons. The first-order valence-electron chi connectivity index (χ1n) is 41.8. The molecule has 8 aromatic heterocycles. The summed E-state index contributed by atoms with van der Waals surface area (Å²) in [7, 11) is 1.81. The van der Waals surface area contributed by atoms with E-state index in [-0.39, 0.29) is 42.8 Å². The lowest BCUT2D eigenvalue weighted by molar-refractivity contribution is -0.140. The van der Waals surface area contributed by atoms with Crippen LogP contribution < -0.4 is 0 Å². The Hall–Kier alpha value is -9.83. The van der Waals surface area contributed by atoms with Gasteiger partial charge in [-0.15, -0.1) is 0 Å². The van der Waals surface area contributed by atoms with Gasteiger partial charge in [-0.2, -0.15) is 13.2 Å². The Labute approximate surface area is 712 Å². The Morgan fingerprint density at radius 3 is 1.42 bits per heavy atom. The maximum absolute atomic E-state index is 14.7. The van der Waals surface area contributed by atoms with E-state index in [9.17, 15) is 36.7 Å². The van der Waals surface area contributed by atoms with Gasteiger partial charge >= 0.3 is 6.18 Å². The van der Waals surface area contributed by atoms with Gasteiger partial charge in [0.15, 0.2) is 22.6 Å². The number of carbonyl (C=O) groups is 4. The normalized spacial score (nSPS) is 13.1. The van der Waals surface area contributed by atoms with Crippen molar-refractivity contribution in [3.8, 4) is 0 Å². The predicted octanol–water partition coefficient (Wildman–Crippen LogP) is 21.7. The summed E-state index contributed by atoms with van der Waals surface area (Å²) < 4.78 is 64.9. The van der Waals surface area contributed by atoms with Crippen molar-refractivity contribution >= 4 is 107 Å². The number of alkyl halides is 3. The van der Waals surface area contributed by atoms with Crippen molar-refractivity contribution in [3.05, 3.63) is 235 Å². The largest absolute Gasteiger partial charge is 0.419 e. The molecule has 26 heteroatoms. The number of pyridine rings is 4. The van der Waals surface area contributed by atoms with Gasteiger partial charge in [0.1, 0.15) is 51.2 Å². The van der Waals surface area contributed by atoms with E-state index in [0.717, 1.165) is 179 Å². The van der Waals surface area contributed by atoms with Crippen LogP contribution in [0.25, 0.3) is 44.7 Å². The fraction of sp³-hybridized carbons (Fsp3) is 0.435. The summed E-state index contributed by atoms with van der Waals surface area (Å²) in [5.41, 5.74) is 8.24. The second kappa shape index (κ2) is 42.7. The highest BCUT2D eigenvalue weighted by Gasteiger charge is 2.37. The van der Waals surface area contributed by atoms with Crippen LogP contribution in [0.3, 0.4) is 0 Å². The molecule has 0 N–H and O–H groups in total. The third-order valence-corrected chi connectivity index (χ3v) is 22.6. The minimum atomic E-state index is -4.88. The third kappa shape index (κ3) is 22.8. The van der Waals surface area contributed by atoms with Crippen molar-refractivity contribution in [1.29, 1.82) is 0 Å². The molecule has 2 saturated carbocycles. The molecule has 0 unspecified atom stereocenters. The van der Waals surface area contributed by atoms with E-state index in [0.29, 0.717) is 66.7 Å². The minimum Gasteiger partial charge on any atom is -0.334 e. The molecule has 12 aromatic rings. The summed E-state index contributed by atoms with van der Waals surface area (Å²) in [6.07, 6.45) is 21.1. The third-order valence-electron chi connectivity index (χ3n) is 21.3. The fourth-order valence-corrected chi connectivity index (χ4v) is 16.7. The number of hydrogen-bond acceptors (Lipinski definition) is 12. The van der Waals surface area contributed by atoms with Crippen LogP contribution in [0.15, 0.2) is 169 Å². The monoisotopic (exact) mass is 1780 g/mol. The lowest BCUT2D eigenvalue weighted by Gasteiger charge is -2.26. The zero-order valence-electron chi connectivity index (χ0n) is 69.3. The highest BCUT2D eigenvalue weighted by atomic mass is 127. The molecule has 20 nitrogen and oxygen atoms in total. The summed E-state index contributed by atoms with van der Waals surface area (Å²) in [5.74, 6) is 1.51. The van der Waals surface area contributed by atoms with E-state index < -0.39 is 29.0 Å². The number of aryl methyl sites for hydroxylation is 3. The van der Waals surface area contributed by atoms with Crippen LogP contribution in [0.2, 0.25) is 0 Å². The Bertz CT molecular complexity index is 5320. The van der Waals surface area contributed by atoms with Gasteiger partial charge in [0.05, 0.1) is 42.9 Å². The lowest BCUT2D eigenvalue weighted by Crippen LogP contribution is -2.35. The van der Waals surface area contributed by atoms with E-state index >= 15 is 0 Å². The molecule has 4 aromatic carbocycles. The topological polar surface area (TPSA) is 204 Å². The smallest absolute Gasteiger partial charge is 0.334 e. The van der Waals surface area contributed by atoms with Crippen molar-refractivity contribution < 1.29 is 36.7 Å². The van der Waals surface area contributed by atoms with Gasteiger partial charge < -0.3 is 37.9 Å². The van der Waals surface area contributed by atoms with Crippen LogP contribution in [0.1, 0.15) is 246 Å². The number of halogens is 6. The lowest BCUT2D eigenvalue weighted by atomic mass is 10.0. The number of imidazole rings is 4. The van der Waals surface area contributed by atoms with Crippen molar-refractivity contribution in [2.24, 2.45) is 11.8 Å². The van der Waals surface area contributed by atoms with E-state index in [1.807, 2.05) is 145 Å². The van der Waals surface area contributed by atoms with E-state index in [1.54, 1.807) is 29.6 Å². The molecule has 0 saturated heterocycles. The molecule has 0 bridgehead atoms. The first-order chi connectivity index (χ1) is 57.0. The number of aromatic nitrogens is 12. The molecule has 0 atom stereocenters. The Morgan fingerprint density at radius 1 is 0.483 bits per heavy atom. The number of amides is 4. The van der Waals surface area contributed by atoms with Crippen molar-refractivity contribution in [3.63, 3.8) is 0 Å². The summed E-state index contributed by atoms with van der Waals surface area (Å²) >= 11 is 5.74. The van der Waals surface area contributed by atoms with Gasteiger partial charge in [0.2, 0.25) is 0 Å². The quantitative estimate of drug-likeness (QED) is 0.0234. The Morgan fingerprint density at radius 2 is 0.932 bits per heavy atom. The van der Waals surface area contributed by atoms with Crippen molar-refractivity contribution in [2.45, 2.75) is 222 Å². The van der Waals surface area contributed by atoms with Crippen LogP contribution in [0.4, 0.5) is 17.6 Å². The second-order valence-corrected chi connectivity index (χ2v) is 33.6. The van der Waals surface area contributed by atoms with Gasteiger partial charge in [-0.05, 0) is 217 Å². The molecular formula is C92H110BrF4IN16O4. The average molecular weight is 1790 g/mol. The van der Waals surface area contributed by atoms with Gasteiger partial charge in [-0.1, -0.05) is 143 Å². The van der Waals surface area contributed by atoms with Crippen LogP contribution in [-0.2, 0) is 51.9 Å². The number of hydrogen-bond donors (Lipinski definition) is 0. The van der Waals surface area contributed by atoms with Crippen LogP contribution in [0.5, 0.6) is 0 Å². The molecule has 118 heavy (non-hydrogen) atoms. The second-order valence-electron chi connectivity index (χ2n) is 31.5. The standard InChI is InChI=1S/C28H38N4O.C24H26F4N4O.C22H27BrN4O.C18H19IN4O/c1-4-5-6-10-22-14-16-23(17-15-22)28(33)31(19-21(2)3)20-26-30-25-13-9-18-29-27(25)32(26)24-11-7-8-12-24;1-15(2)13-31(23(33)17-9-5-10-18(21(17)25)24(26,27)28)14-20-30-19-11-6-12-29-22(19)32(20)16-7-3-4-8-16;1-3-5-8-15-26(22(28)17-10-6-7-11-18(17)23)16-20-25-19-12-9-13-24-21(19)27(20)14-4-2;1-3-10-23-16(21-15-8-5-9-20-17(15)23)12-22(2)18(24)13-6-4-7-14(19)11-13/h9,13-18,21,24H,4-8,10-12,19-20H2,1-3H3;5-6,9-12,15-16H,3-4,7-8,13-14H2,1-2H3;6-7,9-13H,3-5,8,14-16H2,1-2H3;4-9,11H,3,10,12H2,1-2H3. The Kier molecular flexibility index (Phi) is 32.2. The van der Waals surface area contributed by atoms with E-state index in [4.69, 9.17) is 15.0 Å². The van der Waals surface area contributed by atoms with Crippen LogP contribution >= 0.6 is 38.5 Å². The molecule has 0 spiro atoms. The van der Waals surface area contributed by atoms with Crippen LogP contribution in [0, 0.1) is 21.2 Å². The van der Waals surface area contributed by atoms with Crippen molar-refractivity contribution in [2.75, 3.05) is 26.7 Å². The summed E-state index contributed by atoms with van der Waals surface area (Å²) in [6, 6.07) is 42.2. The molecule has 624 valence electrons. The molecule has 8 heterocycles. The number of rotatable bonds is 30. The maximum atomic E-state index is 14.7. The molecule has 2 aliphatic carbocycles. The highest BCUT2D eigenvalue weighted by molar-refractivity contribution is 14.1. The van der Waals surface area contributed by atoms with Gasteiger partial charge in [-0.25, -0.2) is 44.3 Å². The number of nitrogens with zero attached hydrogens (tertiary/aromatic N) is 16. The molecule has 0 aliphatic heterocycles. The SMILES string of the molecule is CC(C)CN(Cc1nc2cccnc2n1C1CCCC1)C(=O)c1cccc(C(F)(F)F)c1F.CCCCCN(Cc1nc2cccnc2n1CCC)C(=O)c1ccccc1Br.CCCCCc1ccc(C(=O)N(Cc2nc3cccnc3n2C2CCCC2)CC(C)C)cc1.CCCn1c(CN(C)C(=O)c2cccc(I)c2)nc2cccnc21. The maximum Gasteiger partial charge on any atom is 0.419 e. The fourth-order valence-electron chi connectivity index (χ4n) is 15.7. The first-order valence-corrected chi connectivity index (χ1v) is 43.7. The number of carbonyl (C=O) groups excluding carboxylic acids is 4. The Balaban J connectivity index is 0.000000155. The molecule has 14 rings (SSSR count). The van der Waals surface area contributed by atoms with Crippen LogP contribution in [-0.4, -0.2) is 128 Å². The minimum absolute atomic E-state index is 0.00317. The zero-order chi connectivity index (χ0) is 84.0. The number of unbranched alkanes of at least 4 members (excludes halogenated alkanes) is 4. The number of fused-ring (bicyclic) bond motifs is 4. The van der Waals surface area contributed by atoms with Gasteiger partial charge in [-0.3, -0.25) is 19.2 Å². The highest BCUT2D eigenvalue weighted by Crippen LogP contribution is 2.37.